The molecule has 0 radical (unpaired) electrons. The predicted molar refractivity (Wildman–Crippen MR) is 82.8 cm³/mol. The van der Waals surface area contributed by atoms with Gasteiger partial charge in [-0.2, -0.15) is 0 Å². The first-order valence-electron chi connectivity index (χ1n) is 7.18. The summed E-state index contributed by atoms with van der Waals surface area (Å²) in [4.78, 5) is 0. The summed E-state index contributed by atoms with van der Waals surface area (Å²) in [6, 6.07) is 8.03. The van der Waals surface area contributed by atoms with Gasteiger partial charge in [-0.3, -0.25) is 0 Å². The highest BCUT2D eigenvalue weighted by molar-refractivity contribution is 7.88. The molecule has 20 heavy (non-hydrogen) atoms. The van der Waals surface area contributed by atoms with Crippen LogP contribution in [0.2, 0.25) is 0 Å². The van der Waals surface area contributed by atoms with Gasteiger partial charge in [0.25, 0.3) is 0 Å². The van der Waals surface area contributed by atoms with E-state index >= 15 is 0 Å². The van der Waals surface area contributed by atoms with Crippen LogP contribution in [0.25, 0.3) is 0 Å². The molecule has 1 aromatic carbocycles. The average Bonchev–Trinajstić information content (AvgIpc) is 2.28. The van der Waals surface area contributed by atoms with Crippen molar-refractivity contribution in [1.82, 2.24) is 0 Å². The van der Waals surface area contributed by atoms with Crippen LogP contribution < -0.4 is 10.5 Å². The third kappa shape index (κ3) is 4.80. The molecular weight excluding hydrogens is 272 g/mol. The van der Waals surface area contributed by atoms with Gasteiger partial charge in [0.15, 0.2) is 0 Å². The zero-order valence-electron chi connectivity index (χ0n) is 12.2. The van der Waals surface area contributed by atoms with E-state index in [4.69, 9.17) is 5.14 Å². The molecule has 1 aliphatic carbocycles. The van der Waals surface area contributed by atoms with E-state index in [-0.39, 0.29) is 5.75 Å². The molecule has 5 heteroatoms. The lowest BCUT2D eigenvalue weighted by molar-refractivity contribution is 0.281. The number of hydrogen-bond donors (Lipinski definition) is 2. The number of anilines is 1. The molecule has 0 spiro atoms. The fourth-order valence-corrected chi connectivity index (χ4v) is 3.89. The van der Waals surface area contributed by atoms with E-state index in [9.17, 15) is 8.42 Å². The molecule has 2 atom stereocenters. The zero-order chi connectivity index (χ0) is 14.8. The fraction of sp³-hybridized carbons (Fsp3) is 0.600. The molecule has 1 saturated carbocycles. The van der Waals surface area contributed by atoms with Crippen LogP contribution in [-0.4, -0.2) is 14.5 Å². The van der Waals surface area contributed by atoms with Crippen molar-refractivity contribution in [3.8, 4) is 0 Å². The van der Waals surface area contributed by atoms with Crippen LogP contribution in [0.3, 0.4) is 0 Å². The van der Waals surface area contributed by atoms with Gasteiger partial charge >= 0.3 is 0 Å². The van der Waals surface area contributed by atoms with Crippen LogP contribution in [0, 0.1) is 11.8 Å². The van der Waals surface area contributed by atoms with Crippen molar-refractivity contribution in [3.63, 3.8) is 0 Å². The summed E-state index contributed by atoms with van der Waals surface area (Å²) in [6.07, 6.45) is 3.71. The third-order valence-electron chi connectivity index (χ3n) is 3.87. The fourth-order valence-electron chi connectivity index (χ4n) is 3.23. The second kappa shape index (κ2) is 6.14. The summed E-state index contributed by atoms with van der Waals surface area (Å²) in [6.45, 7) is 4.61. The SMILES string of the molecule is CC1CC(C)CC(Nc2ccc(CS(N)(=O)=O)cc2)C1. The first-order valence-corrected chi connectivity index (χ1v) is 8.89. The van der Waals surface area contributed by atoms with Crippen molar-refractivity contribution in [1.29, 1.82) is 0 Å². The summed E-state index contributed by atoms with van der Waals surface area (Å²) in [5.41, 5.74) is 1.78. The van der Waals surface area contributed by atoms with E-state index < -0.39 is 10.0 Å². The van der Waals surface area contributed by atoms with Crippen LogP contribution in [-0.2, 0) is 15.8 Å². The highest BCUT2D eigenvalue weighted by atomic mass is 32.2. The maximum absolute atomic E-state index is 11.0. The topological polar surface area (TPSA) is 72.2 Å². The predicted octanol–water partition coefficient (Wildman–Crippen LogP) is 2.71. The van der Waals surface area contributed by atoms with Crippen molar-refractivity contribution in [2.45, 2.75) is 44.9 Å². The van der Waals surface area contributed by atoms with E-state index in [1.54, 1.807) is 0 Å². The van der Waals surface area contributed by atoms with Crippen molar-refractivity contribution in [2.24, 2.45) is 17.0 Å². The van der Waals surface area contributed by atoms with Crippen molar-refractivity contribution in [3.05, 3.63) is 29.8 Å². The number of primary sulfonamides is 1. The van der Waals surface area contributed by atoms with Crippen LogP contribution in [0.1, 0.15) is 38.7 Å². The van der Waals surface area contributed by atoms with Gasteiger partial charge in [-0.15, -0.1) is 0 Å². The summed E-state index contributed by atoms with van der Waals surface area (Å²) in [5, 5.41) is 8.59. The highest BCUT2D eigenvalue weighted by Gasteiger charge is 2.23. The molecule has 2 unspecified atom stereocenters. The van der Waals surface area contributed by atoms with Gasteiger partial charge < -0.3 is 5.32 Å². The standard InChI is InChI=1S/C15H24N2O2S/c1-11-7-12(2)9-15(8-11)17-14-5-3-13(4-6-14)10-20(16,18)19/h3-6,11-12,15,17H,7-10H2,1-2H3,(H2,16,18,19). The van der Waals surface area contributed by atoms with E-state index in [2.05, 4.69) is 19.2 Å². The smallest absolute Gasteiger partial charge is 0.213 e. The van der Waals surface area contributed by atoms with Gasteiger partial charge in [-0.25, -0.2) is 13.6 Å². The largest absolute Gasteiger partial charge is 0.382 e. The second-order valence-corrected chi connectivity index (χ2v) is 7.88. The minimum absolute atomic E-state index is 0.106. The van der Waals surface area contributed by atoms with Gasteiger partial charge in [0.2, 0.25) is 10.0 Å². The van der Waals surface area contributed by atoms with Gasteiger partial charge in [0.05, 0.1) is 5.75 Å². The minimum atomic E-state index is -3.45. The van der Waals surface area contributed by atoms with E-state index in [0.717, 1.165) is 23.1 Å². The van der Waals surface area contributed by atoms with Crippen LogP contribution in [0.4, 0.5) is 5.69 Å². The summed E-state index contributed by atoms with van der Waals surface area (Å²) in [7, 11) is -3.45. The molecule has 0 aliphatic heterocycles. The van der Waals surface area contributed by atoms with E-state index in [1.807, 2.05) is 24.3 Å². The van der Waals surface area contributed by atoms with Crippen LogP contribution >= 0.6 is 0 Å². The maximum Gasteiger partial charge on any atom is 0.213 e. The number of nitrogens with two attached hydrogens (primary N) is 1. The Morgan fingerprint density at radius 3 is 2.15 bits per heavy atom. The first-order chi connectivity index (χ1) is 9.32. The maximum atomic E-state index is 11.0. The first kappa shape index (κ1) is 15.3. The molecule has 2 rings (SSSR count). The summed E-state index contributed by atoms with van der Waals surface area (Å²) >= 11 is 0. The normalized spacial score (nSPS) is 27.2. The Kier molecular flexibility index (Phi) is 4.70. The number of hydrogen-bond acceptors (Lipinski definition) is 3. The van der Waals surface area contributed by atoms with Gasteiger partial charge in [0, 0.05) is 11.7 Å². The van der Waals surface area contributed by atoms with Gasteiger partial charge in [0.1, 0.15) is 0 Å². The molecule has 0 saturated heterocycles. The Labute approximate surface area is 121 Å². The molecule has 3 N–H and O–H groups in total. The minimum Gasteiger partial charge on any atom is -0.382 e. The van der Waals surface area contributed by atoms with Crippen molar-refractivity contribution >= 4 is 15.7 Å². The Morgan fingerprint density at radius 2 is 1.65 bits per heavy atom. The Hall–Kier alpha value is -1.07. The molecule has 0 bridgehead atoms. The zero-order valence-corrected chi connectivity index (χ0v) is 13.0. The van der Waals surface area contributed by atoms with Crippen LogP contribution in [0.15, 0.2) is 24.3 Å². The monoisotopic (exact) mass is 296 g/mol. The molecule has 4 nitrogen and oxygen atoms in total. The Balaban J connectivity index is 1.97. The van der Waals surface area contributed by atoms with Crippen LogP contribution in [0.5, 0.6) is 0 Å². The molecular formula is C15H24N2O2S. The lowest BCUT2D eigenvalue weighted by Crippen LogP contribution is -2.30. The Morgan fingerprint density at radius 1 is 1.10 bits per heavy atom. The number of sulfonamides is 1. The molecule has 1 aromatic rings. The molecule has 0 heterocycles. The Bertz CT molecular complexity index is 529. The number of rotatable bonds is 4. The quantitative estimate of drug-likeness (QED) is 0.897. The second-order valence-electron chi connectivity index (χ2n) is 6.26. The molecule has 1 fully saturated rings. The van der Waals surface area contributed by atoms with Gasteiger partial charge in [-0.1, -0.05) is 26.0 Å². The number of nitrogens with one attached hydrogen (secondary N) is 1. The van der Waals surface area contributed by atoms with Gasteiger partial charge in [-0.05, 0) is 48.8 Å². The third-order valence-corrected chi connectivity index (χ3v) is 4.61. The van der Waals surface area contributed by atoms with E-state index in [1.165, 1.54) is 19.3 Å². The van der Waals surface area contributed by atoms with Crippen molar-refractivity contribution < 1.29 is 8.42 Å². The molecule has 0 amide bonds. The molecule has 1 aliphatic rings. The summed E-state index contributed by atoms with van der Waals surface area (Å²) < 4.78 is 22.1. The molecule has 112 valence electrons. The number of benzene rings is 1. The summed E-state index contributed by atoms with van der Waals surface area (Å²) in [5.74, 6) is 1.42. The lowest BCUT2D eigenvalue weighted by atomic mass is 9.80. The van der Waals surface area contributed by atoms with Crippen molar-refractivity contribution in [2.75, 3.05) is 5.32 Å². The highest BCUT2D eigenvalue weighted by Crippen LogP contribution is 2.30. The molecule has 0 aromatic heterocycles. The lowest BCUT2D eigenvalue weighted by Gasteiger charge is -2.32. The average molecular weight is 296 g/mol. The van der Waals surface area contributed by atoms with E-state index in [0.29, 0.717) is 6.04 Å².